The van der Waals surface area contributed by atoms with Crippen molar-refractivity contribution in [3.63, 3.8) is 0 Å². The Morgan fingerprint density at radius 2 is 2.00 bits per heavy atom. The maximum atomic E-state index is 12.0. The first-order chi connectivity index (χ1) is 11.2. The Kier molecular flexibility index (Phi) is 4.82. The maximum absolute atomic E-state index is 12.0. The SMILES string of the molecule is O=C(CCCc1ccccc1)NCC(O)(c1ccco1)C1CC1. The van der Waals surface area contributed by atoms with E-state index in [1.165, 1.54) is 5.56 Å². The third-order valence-electron chi connectivity index (χ3n) is 4.47. The number of carbonyl (C=O) groups excluding carboxylic acids is 1. The topological polar surface area (TPSA) is 62.5 Å². The molecule has 4 nitrogen and oxygen atoms in total. The van der Waals surface area contributed by atoms with Gasteiger partial charge in [-0.05, 0) is 49.3 Å². The predicted molar refractivity (Wildman–Crippen MR) is 87.7 cm³/mol. The molecule has 122 valence electrons. The van der Waals surface area contributed by atoms with Crippen LogP contribution in [0.3, 0.4) is 0 Å². The summed E-state index contributed by atoms with van der Waals surface area (Å²) in [6.07, 6.45) is 5.66. The van der Waals surface area contributed by atoms with Gasteiger partial charge in [0.2, 0.25) is 5.91 Å². The number of hydrogen-bond donors (Lipinski definition) is 2. The predicted octanol–water partition coefficient (Wildman–Crippen LogP) is 3.02. The minimum Gasteiger partial charge on any atom is -0.466 e. The van der Waals surface area contributed by atoms with Crippen LogP contribution in [0.15, 0.2) is 53.1 Å². The molecule has 1 aliphatic carbocycles. The molecule has 3 rings (SSSR count). The van der Waals surface area contributed by atoms with E-state index < -0.39 is 5.60 Å². The number of hydrogen-bond acceptors (Lipinski definition) is 3. The second-order valence-corrected chi connectivity index (χ2v) is 6.29. The number of rotatable bonds is 8. The molecule has 0 saturated heterocycles. The first-order valence-electron chi connectivity index (χ1n) is 8.25. The molecule has 1 unspecified atom stereocenters. The van der Waals surface area contributed by atoms with Crippen LogP contribution in [0.2, 0.25) is 0 Å². The molecule has 1 aromatic carbocycles. The Balaban J connectivity index is 1.46. The van der Waals surface area contributed by atoms with Gasteiger partial charge in [-0.25, -0.2) is 0 Å². The van der Waals surface area contributed by atoms with Crippen molar-refractivity contribution in [3.8, 4) is 0 Å². The molecule has 0 spiro atoms. The fourth-order valence-corrected chi connectivity index (χ4v) is 2.94. The van der Waals surface area contributed by atoms with Gasteiger partial charge in [0.05, 0.1) is 12.8 Å². The standard InChI is InChI=1S/C19H23NO3/c21-18(10-4-8-15-6-2-1-3-7-15)20-14-19(22,16-11-12-16)17-9-5-13-23-17/h1-3,5-7,9,13,16,22H,4,8,10-12,14H2,(H,20,21). The summed E-state index contributed by atoms with van der Waals surface area (Å²) in [5, 5.41) is 13.7. The molecule has 1 atom stereocenters. The monoisotopic (exact) mass is 313 g/mol. The highest BCUT2D eigenvalue weighted by atomic mass is 16.4. The van der Waals surface area contributed by atoms with Crippen LogP contribution in [0, 0.1) is 5.92 Å². The van der Waals surface area contributed by atoms with Gasteiger partial charge in [-0.1, -0.05) is 30.3 Å². The van der Waals surface area contributed by atoms with Crippen LogP contribution in [0.1, 0.15) is 37.0 Å². The van der Waals surface area contributed by atoms with Gasteiger partial charge in [0.1, 0.15) is 11.4 Å². The molecule has 0 aliphatic heterocycles. The summed E-state index contributed by atoms with van der Waals surface area (Å²) in [6.45, 7) is 0.218. The van der Waals surface area contributed by atoms with Crippen molar-refractivity contribution in [2.45, 2.75) is 37.7 Å². The van der Waals surface area contributed by atoms with E-state index in [1.54, 1.807) is 18.4 Å². The lowest BCUT2D eigenvalue weighted by Crippen LogP contribution is -2.42. The van der Waals surface area contributed by atoms with Crippen LogP contribution in [0.4, 0.5) is 0 Å². The van der Waals surface area contributed by atoms with Gasteiger partial charge in [0, 0.05) is 6.42 Å². The van der Waals surface area contributed by atoms with Crippen molar-refractivity contribution < 1.29 is 14.3 Å². The van der Waals surface area contributed by atoms with Crippen LogP contribution < -0.4 is 5.32 Å². The zero-order valence-corrected chi connectivity index (χ0v) is 13.2. The third kappa shape index (κ3) is 4.02. The number of benzene rings is 1. The first-order valence-corrected chi connectivity index (χ1v) is 8.25. The second-order valence-electron chi connectivity index (χ2n) is 6.29. The minimum absolute atomic E-state index is 0.0217. The van der Waals surface area contributed by atoms with Crippen molar-refractivity contribution in [2.75, 3.05) is 6.54 Å². The Hall–Kier alpha value is -2.07. The highest BCUT2D eigenvalue weighted by Gasteiger charge is 2.47. The normalized spacial score (nSPS) is 16.7. The smallest absolute Gasteiger partial charge is 0.220 e. The second kappa shape index (κ2) is 7.01. The van der Waals surface area contributed by atoms with Gasteiger partial charge in [-0.3, -0.25) is 4.79 Å². The molecular formula is C19H23NO3. The Morgan fingerprint density at radius 1 is 1.22 bits per heavy atom. The van der Waals surface area contributed by atoms with Crippen molar-refractivity contribution in [3.05, 3.63) is 60.1 Å². The molecule has 23 heavy (non-hydrogen) atoms. The largest absolute Gasteiger partial charge is 0.466 e. The third-order valence-corrected chi connectivity index (χ3v) is 4.47. The molecule has 1 fully saturated rings. The molecule has 1 amide bonds. The van der Waals surface area contributed by atoms with E-state index >= 15 is 0 Å². The van der Waals surface area contributed by atoms with E-state index in [2.05, 4.69) is 17.4 Å². The molecule has 1 saturated carbocycles. The maximum Gasteiger partial charge on any atom is 0.220 e. The van der Waals surface area contributed by atoms with Gasteiger partial charge >= 0.3 is 0 Å². The van der Waals surface area contributed by atoms with Gasteiger partial charge < -0.3 is 14.8 Å². The molecule has 2 aromatic rings. The van der Waals surface area contributed by atoms with Crippen molar-refractivity contribution in [2.24, 2.45) is 5.92 Å². The number of amides is 1. The van der Waals surface area contributed by atoms with Crippen LogP contribution in [0.5, 0.6) is 0 Å². The summed E-state index contributed by atoms with van der Waals surface area (Å²) in [4.78, 5) is 12.0. The average Bonchev–Trinajstić information content (AvgIpc) is 3.29. The fourth-order valence-electron chi connectivity index (χ4n) is 2.94. The van der Waals surface area contributed by atoms with E-state index in [0.717, 1.165) is 25.7 Å². The molecule has 4 heteroatoms. The summed E-state index contributed by atoms with van der Waals surface area (Å²) in [7, 11) is 0. The first kappa shape index (κ1) is 15.8. The van der Waals surface area contributed by atoms with Gasteiger partial charge in [-0.2, -0.15) is 0 Å². The molecule has 1 aromatic heterocycles. The molecule has 0 radical (unpaired) electrons. The van der Waals surface area contributed by atoms with Crippen LogP contribution in [-0.4, -0.2) is 17.6 Å². The van der Waals surface area contributed by atoms with Gasteiger partial charge in [-0.15, -0.1) is 0 Å². The molecule has 0 bridgehead atoms. The van der Waals surface area contributed by atoms with Crippen molar-refractivity contribution in [1.29, 1.82) is 0 Å². The molecule has 1 aliphatic rings. The Morgan fingerprint density at radius 3 is 2.65 bits per heavy atom. The Bertz CT molecular complexity index is 619. The summed E-state index contributed by atoms with van der Waals surface area (Å²) < 4.78 is 5.37. The van der Waals surface area contributed by atoms with E-state index in [4.69, 9.17) is 4.42 Å². The molecule has 2 N–H and O–H groups in total. The average molecular weight is 313 g/mol. The summed E-state index contributed by atoms with van der Waals surface area (Å²) in [6, 6.07) is 13.7. The summed E-state index contributed by atoms with van der Waals surface area (Å²) >= 11 is 0. The van der Waals surface area contributed by atoms with Crippen LogP contribution >= 0.6 is 0 Å². The summed E-state index contributed by atoms with van der Waals surface area (Å²) in [5.74, 6) is 0.703. The number of aliphatic hydroxyl groups is 1. The quantitative estimate of drug-likeness (QED) is 0.787. The lowest BCUT2D eigenvalue weighted by Gasteiger charge is -2.26. The van der Waals surface area contributed by atoms with Crippen LogP contribution in [-0.2, 0) is 16.8 Å². The minimum atomic E-state index is -1.07. The summed E-state index contributed by atoms with van der Waals surface area (Å²) in [5.41, 5.74) is 0.170. The van der Waals surface area contributed by atoms with Gasteiger partial charge in [0.25, 0.3) is 0 Å². The number of aryl methyl sites for hydroxylation is 1. The lowest BCUT2D eigenvalue weighted by atomic mass is 9.94. The zero-order chi connectivity index (χ0) is 16.1. The van der Waals surface area contributed by atoms with E-state index in [0.29, 0.717) is 12.2 Å². The highest BCUT2D eigenvalue weighted by molar-refractivity contribution is 5.76. The number of nitrogens with one attached hydrogen (secondary N) is 1. The molecule has 1 heterocycles. The Labute approximate surface area is 136 Å². The number of carbonyl (C=O) groups is 1. The fraction of sp³-hybridized carbons (Fsp3) is 0.421. The molecular weight excluding hydrogens is 290 g/mol. The van der Waals surface area contributed by atoms with Crippen LogP contribution in [0.25, 0.3) is 0 Å². The van der Waals surface area contributed by atoms with Gasteiger partial charge in [0.15, 0.2) is 0 Å². The van der Waals surface area contributed by atoms with E-state index in [9.17, 15) is 9.90 Å². The van der Waals surface area contributed by atoms with Crippen molar-refractivity contribution >= 4 is 5.91 Å². The number of furan rings is 1. The highest BCUT2D eigenvalue weighted by Crippen LogP contribution is 2.45. The lowest BCUT2D eigenvalue weighted by molar-refractivity contribution is -0.123. The zero-order valence-electron chi connectivity index (χ0n) is 13.2. The van der Waals surface area contributed by atoms with E-state index in [1.807, 2.05) is 18.2 Å². The van der Waals surface area contributed by atoms with Crippen molar-refractivity contribution in [1.82, 2.24) is 5.32 Å². The van der Waals surface area contributed by atoms with E-state index in [-0.39, 0.29) is 18.4 Å².